The van der Waals surface area contributed by atoms with Gasteiger partial charge in [-0.2, -0.15) is 14.6 Å². The van der Waals surface area contributed by atoms with Gasteiger partial charge in [0.25, 0.3) is 0 Å². The molecular formula is C22H29FN8S. The number of alkyl halides is 1. The zero-order valence-corrected chi connectivity index (χ0v) is 19.4. The zero-order chi connectivity index (χ0) is 22.3. The average Bonchev–Trinajstić information content (AvgIpc) is 3.31. The number of halogens is 1. The van der Waals surface area contributed by atoms with E-state index in [1.54, 1.807) is 0 Å². The zero-order valence-electron chi connectivity index (χ0n) is 18.6. The van der Waals surface area contributed by atoms with E-state index in [0.29, 0.717) is 31.4 Å². The van der Waals surface area contributed by atoms with Gasteiger partial charge in [0.1, 0.15) is 17.0 Å². The molecule has 1 N–H and O–H groups in total. The predicted octanol–water partition coefficient (Wildman–Crippen LogP) is 2.74. The monoisotopic (exact) mass is 456 g/mol. The first-order valence-corrected chi connectivity index (χ1v) is 12.0. The molecule has 2 aromatic heterocycles. The molecule has 2 atom stereocenters. The third-order valence-corrected chi connectivity index (χ3v) is 7.62. The quantitative estimate of drug-likeness (QED) is 0.710. The molecule has 0 amide bonds. The molecule has 5 heterocycles. The molecule has 3 aliphatic heterocycles. The number of piperazine rings is 1. The van der Waals surface area contributed by atoms with Crippen molar-refractivity contribution in [3.8, 4) is 6.07 Å². The van der Waals surface area contributed by atoms with Gasteiger partial charge in [-0.15, -0.1) is 0 Å². The third kappa shape index (κ3) is 4.29. The van der Waals surface area contributed by atoms with E-state index in [-0.39, 0.29) is 5.41 Å². The number of anilines is 3. The molecule has 0 radical (unpaired) electrons. The summed E-state index contributed by atoms with van der Waals surface area (Å²) in [5.41, 5.74) is 1.93. The van der Waals surface area contributed by atoms with Crippen molar-refractivity contribution in [1.29, 1.82) is 5.26 Å². The number of hydrogen-bond acceptors (Lipinski definition) is 9. The van der Waals surface area contributed by atoms with Crippen molar-refractivity contribution in [3.63, 3.8) is 0 Å². The summed E-state index contributed by atoms with van der Waals surface area (Å²) in [6, 6.07) is 4.71. The van der Waals surface area contributed by atoms with Gasteiger partial charge >= 0.3 is 0 Å². The number of rotatable bonds is 6. The summed E-state index contributed by atoms with van der Waals surface area (Å²) < 4.78 is 18.1. The standard InChI is InChI=1S/C22H29FN8S/c1-15-9-25-21(26-19-7-16(2)28-32-19)27-20(15)31-13-22(14-31,3-4-24)12-29-5-6-30-10-17(23)8-18(30)11-29/h7,9,17-18H,3,5-6,8,10-14H2,1-2H3,(H,25,26,27)/t17-,18+/m1/s1. The predicted molar refractivity (Wildman–Crippen MR) is 123 cm³/mol. The second-order valence-electron chi connectivity index (χ2n) is 9.57. The number of nitrogens with zero attached hydrogens (tertiary/aromatic N) is 7. The Balaban J connectivity index is 1.25. The van der Waals surface area contributed by atoms with E-state index >= 15 is 0 Å². The minimum Gasteiger partial charge on any atom is -0.355 e. The lowest BCUT2D eigenvalue weighted by Crippen LogP contribution is -2.63. The van der Waals surface area contributed by atoms with E-state index in [4.69, 9.17) is 4.98 Å². The topological polar surface area (TPSA) is 84.2 Å². The summed E-state index contributed by atoms with van der Waals surface area (Å²) in [5.74, 6) is 1.48. The summed E-state index contributed by atoms with van der Waals surface area (Å²) in [4.78, 5) is 16.2. The van der Waals surface area contributed by atoms with Crippen LogP contribution in [-0.4, -0.2) is 82.2 Å². The fourth-order valence-electron chi connectivity index (χ4n) is 5.36. The first-order chi connectivity index (χ1) is 15.4. The van der Waals surface area contributed by atoms with Gasteiger partial charge in [0, 0.05) is 75.5 Å². The minimum atomic E-state index is -0.690. The van der Waals surface area contributed by atoms with Gasteiger partial charge in [-0.1, -0.05) is 0 Å². The lowest BCUT2D eigenvalue weighted by molar-refractivity contribution is 0.0524. The molecule has 3 saturated heterocycles. The lowest BCUT2D eigenvalue weighted by atomic mass is 9.76. The van der Waals surface area contributed by atoms with Gasteiger partial charge in [0.05, 0.1) is 11.8 Å². The highest BCUT2D eigenvalue weighted by molar-refractivity contribution is 7.10. The Labute approximate surface area is 192 Å². The highest BCUT2D eigenvalue weighted by Gasteiger charge is 2.46. The Kier molecular flexibility index (Phi) is 5.73. The van der Waals surface area contributed by atoms with Crippen LogP contribution in [0.25, 0.3) is 0 Å². The Hall–Kier alpha value is -2.35. The van der Waals surface area contributed by atoms with E-state index < -0.39 is 6.17 Å². The molecule has 10 heteroatoms. The van der Waals surface area contributed by atoms with Gasteiger partial charge in [0.15, 0.2) is 0 Å². The molecule has 32 heavy (non-hydrogen) atoms. The molecule has 0 aliphatic carbocycles. The largest absolute Gasteiger partial charge is 0.355 e. The number of nitrogens with one attached hydrogen (secondary N) is 1. The van der Waals surface area contributed by atoms with Gasteiger partial charge in [0.2, 0.25) is 5.95 Å². The first-order valence-electron chi connectivity index (χ1n) is 11.2. The van der Waals surface area contributed by atoms with Crippen molar-refractivity contribution >= 4 is 28.3 Å². The van der Waals surface area contributed by atoms with Crippen LogP contribution in [-0.2, 0) is 0 Å². The number of aryl methyl sites for hydroxylation is 2. The molecule has 2 aromatic rings. The molecule has 170 valence electrons. The van der Waals surface area contributed by atoms with Crippen molar-refractivity contribution in [2.45, 2.75) is 38.9 Å². The van der Waals surface area contributed by atoms with Crippen molar-refractivity contribution in [1.82, 2.24) is 24.1 Å². The Morgan fingerprint density at radius 2 is 2.16 bits per heavy atom. The maximum absolute atomic E-state index is 13.8. The van der Waals surface area contributed by atoms with Gasteiger partial charge in [-0.05, 0) is 37.9 Å². The Bertz CT molecular complexity index is 1010. The molecule has 3 aliphatic rings. The second-order valence-corrected chi connectivity index (χ2v) is 10.4. The summed E-state index contributed by atoms with van der Waals surface area (Å²) in [7, 11) is 0. The van der Waals surface area contributed by atoms with Crippen LogP contribution in [0.15, 0.2) is 12.3 Å². The fraction of sp³-hybridized carbons (Fsp3) is 0.636. The van der Waals surface area contributed by atoms with Crippen LogP contribution in [0.4, 0.5) is 21.2 Å². The van der Waals surface area contributed by atoms with Crippen LogP contribution in [0.1, 0.15) is 24.1 Å². The highest BCUT2D eigenvalue weighted by atomic mass is 32.1. The SMILES string of the molecule is Cc1cc(Nc2ncc(C)c(N3CC(CC#N)(CN4CCN5C[C@H](F)C[C@H]5C4)C3)n2)sn1. The van der Waals surface area contributed by atoms with Crippen LogP contribution in [0.2, 0.25) is 0 Å². The molecule has 8 nitrogen and oxygen atoms in total. The van der Waals surface area contributed by atoms with E-state index in [1.807, 2.05) is 26.1 Å². The maximum atomic E-state index is 13.8. The molecule has 3 fully saturated rings. The molecule has 0 unspecified atom stereocenters. The van der Waals surface area contributed by atoms with Crippen molar-refractivity contribution in [2.24, 2.45) is 5.41 Å². The smallest absolute Gasteiger partial charge is 0.229 e. The first kappa shape index (κ1) is 21.5. The van der Waals surface area contributed by atoms with Crippen molar-refractivity contribution < 1.29 is 4.39 Å². The summed E-state index contributed by atoms with van der Waals surface area (Å²) in [6.07, 6.45) is 2.32. The number of nitriles is 1. The van der Waals surface area contributed by atoms with Crippen molar-refractivity contribution in [2.75, 3.05) is 56.0 Å². The Morgan fingerprint density at radius 3 is 2.91 bits per heavy atom. The van der Waals surface area contributed by atoms with Crippen molar-refractivity contribution in [3.05, 3.63) is 23.5 Å². The van der Waals surface area contributed by atoms with Crippen LogP contribution in [0.5, 0.6) is 0 Å². The molecule has 0 bridgehead atoms. The third-order valence-electron chi connectivity index (χ3n) is 6.82. The minimum absolute atomic E-state index is 0.0651. The fourth-order valence-corrected chi connectivity index (χ4v) is 6.01. The highest BCUT2D eigenvalue weighted by Crippen LogP contribution is 2.39. The normalized spacial score (nSPS) is 25.2. The average molecular weight is 457 g/mol. The van der Waals surface area contributed by atoms with Crippen LogP contribution in [0.3, 0.4) is 0 Å². The molecule has 0 saturated carbocycles. The van der Waals surface area contributed by atoms with E-state index in [1.165, 1.54) is 11.5 Å². The van der Waals surface area contributed by atoms with E-state index in [9.17, 15) is 9.65 Å². The number of fused-ring (bicyclic) bond motifs is 1. The molecule has 5 rings (SSSR count). The molecule has 0 spiro atoms. The molecule has 0 aromatic carbocycles. The summed E-state index contributed by atoms with van der Waals surface area (Å²) >= 11 is 1.39. The summed E-state index contributed by atoms with van der Waals surface area (Å²) in [6.45, 7) is 9.83. The lowest BCUT2D eigenvalue weighted by Gasteiger charge is -2.53. The second kappa shape index (κ2) is 8.54. The maximum Gasteiger partial charge on any atom is 0.229 e. The van der Waals surface area contributed by atoms with Gasteiger partial charge in [-0.3, -0.25) is 9.80 Å². The van der Waals surface area contributed by atoms with Gasteiger partial charge < -0.3 is 10.2 Å². The van der Waals surface area contributed by atoms with Crippen LogP contribution < -0.4 is 10.2 Å². The van der Waals surface area contributed by atoms with Crippen LogP contribution in [0, 0.1) is 30.6 Å². The van der Waals surface area contributed by atoms with E-state index in [0.717, 1.165) is 61.3 Å². The number of aromatic nitrogens is 3. The Morgan fingerprint density at radius 1 is 1.31 bits per heavy atom. The van der Waals surface area contributed by atoms with Crippen LogP contribution >= 0.6 is 11.5 Å². The van der Waals surface area contributed by atoms with Gasteiger partial charge in [-0.25, -0.2) is 9.37 Å². The van der Waals surface area contributed by atoms with E-state index in [2.05, 4.69) is 35.4 Å². The summed E-state index contributed by atoms with van der Waals surface area (Å²) in [5, 5.41) is 13.7. The number of hydrogen-bond donors (Lipinski definition) is 1. The molecular weight excluding hydrogens is 427 g/mol.